The van der Waals surface area contributed by atoms with Crippen molar-refractivity contribution in [2.24, 2.45) is 0 Å². The zero-order valence-corrected chi connectivity index (χ0v) is 21.6. The number of halogens is 3. The number of aromatic nitrogens is 2. The van der Waals surface area contributed by atoms with Crippen molar-refractivity contribution in [1.29, 1.82) is 0 Å². The Labute approximate surface area is 217 Å². The summed E-state index contributed by atoms with van der Waals surface area (Å²) in [6.07, 6.45) is 3.40. The molecule has 0 atom stereocenters. The molecule has 0 bridgehead atoms. The molecular weight excluding hydrogens is 537 g/mol. The summed E-state index contributed by atoms with van der Waals surface area (Å²) in [4.78, 5) is 23.5. The first-order chi connectivity index (χ1) is 16.9. The van der Waals surface area contributed by atoms with Crippen molar-refractivity contribution in [2.45, 2.75) is 25.4 Å². The summed E-state index contributed by atoms with van der Waals surface area (Å²) in [6, 6.07) is 12.0. The first-order valence-corrected chi connectivity index (χ1v) is 12.5. The molecule has 1 aliphatic heterocycles. The Bertz CT molecular complexity index is 1190. The van der Waals surface area contributed by atoms with Crippen LogP contribution in [-0.4, -0.2) is 47.5 Å². The number of amides is 1. The highest BCUT2D eigenvalue weighted by Gasteiger charge is 2.23. The van der Waals surface area contributed by atoms with Gasteiger partial charge in [0.15, 0.2) is 0 Å². The maximum atomic E-state index is 14.0. The second-order valence-electron chi connectivity index (χ2n) is 8.33. The van der Waals surface area contributed by atoms with Crippen molar-refractivity contribution < 1.29 is 13.9 Å². The lowest BCUT2D eigenvalue weighted by Gasteiger charge is -2.31. The van der Waals surface area contributed by atoms with Gasteiger partial charge >= 0.3 is 0 Å². The number of nitrogens with one attached hydrogen (secondary N) is 2. The highest BCUT2D eigenvalue weighted by molar-refractivity contribution is 9.10. The molecule has 0 radical (unpaired) electrons. The molecule has 0 aliphatic carbocycles. The van der Waals surface area contributed by atoms with E-state index in [4.69, 9.17) is 16.3 Å². The van der Waals surface area contributed by atoms with Gasteiger partial charge in [0.05, 0.1) is 24.1 Å². The molecule has 35 heavy (non-hydrogen) atoms. The molecule has 1 aromatic carbocycles. The summed E-state index contributed by atoms with van der Waals surface area (Å²) in [5.41, 5.74) is 2.82. The van der Waals surface area contributed by atoms with Crippen LogP contribution in [0.15, 0.2) is 53.3 Å². The number of ether oxygens (including phenoxy) is 1. The molecule has 4 rings (SSSR count). The van der Waals surface area contributed by atoms with Crippen molar-refractivity contribution in [3.05, 3.63) is 75.4 Å². The van der Waals surface area contributed by atoms with Crippen LogP contribution in [0.5, 0.6) is 5.88 Å². The lowest BCUT2D eigenvalue weighted by Crippen LogP contribution is -2.39. The highest BCUT2D eigenvalue weighted by Crippen LogP contribution is 2.28. The Balaban J connectivity index is 1.28. The van der Waals surface area contributed by atoms with Gasteiger partial charge in [-0.15, -0.1) is 0 Å². The zero-order chi connectivity index (χ0) is 24.8. The predicted molar refractivity (Wildman–Crippen MR) is 139 cm³/mol. The fraction of sp³-hybridized carbons (Fsp3) is 0.320. The summed E-state index contributed by atoms with van der Waals surface area (Å²) >= 11 is 9.14. The molecule has 10 heteroatoms. The molecule has 0 unspecified atom stereocenters. The number of nitrogens with zero attached hydrogens (tertiary/aromatic N) is 3. The maximum Gasteiger partial charge on any atom is 0.238 e. The monoisotopic (exact) mass is 561 g/mol. The number of hydrogen-bond acceptors (Lipinski definition) is 6. The Kier molecular flexibility index (Phi) is 8.54. The standard InChI is InChI=1S/C25H26BrClFN5O2/c1-29-21-12-23(26)30-13-22(21)31-24(34)14-33-9-7-16(8-10-33)20-3-2-4-25(32-20)35-15-17-5-6-18(27)11-19(17)28/h2-6,11-13,16H,7-10,14-15H2,1H3,(H,29,30)(H,31,34). The number of carbonyl (C=O) groups excluding carboxylic acids is 1. The van der Waals surface area contributed by atoms with E-state index in [2.05, 4.69) is 41.4 Å². The minimum atomic E-state index is -0.399. The third kappa shape index (κ3) is 6.90. The molecule has 7 nitrogen and oxygen atoms in total. The number of rotatable bonds is 8. The molecule has 1 saturated heterocycles. The SMILES string of the molecule is CNc1cc(Br)ncc1NC(=O)CN1CCC(c2cccc(OCc3ccc(Cl)cc3F)n2)CC1. The minimum absolute atomic E-state index is 0.0768. The first-order valence-electron chi connectivity index (χ1n) is 11.3. The molecule has 3 aromatic rings. The highest BCUT2D eigenvalue weighted by atomic mass is 79.9. The molecule has 184 valence electrons. The Morgan fingerprint density at radius 3 is 2.77 bits per heavy atom. The molecule has 0 saturated carbocycles. The molecule has 3 heterocycles. The largest absolute Gasteiger partial charge is 0.473 e. The smallest absolute Gasteiger partial charge is 0.238 e. The van der Waals surface area contributed by atoms with Gasteiger partial charge < -0.3 is 15.4 Å². The zero-order valence-electron chi connectivity index (χ0n) is 19.2. The summed E-state index contributed by atoms with van der Waals surface area (Å²) in [6.45, 7) is 1.97. The van der Waals surface area contributed by atoms with Gasteiger partial charge in [-0.25, -0.2) is 14.4 Å². The molecule has 1 amide bonds. The number of piperidine rings is 1. The number of benzene rings is 1. The number of anilines is 2. The topological polar surface area (TPSA) is 79.4 Å². The second kappa shape index (κ2) is 11.8. The van der Waals surface area contributed by atoms with Crippen molar-refractivity contribution in [2.75, 3.05) is 37.3 Å². The normalized spacial score (nSPS) is 14.5. The first kappa shape index (κ1) is 25.3. The Morgan fingerprint density at radius 1 is 1.23 bits per heavy atom. The van der Waals surface area contributed by atoms with E-state index in [1.807, 2.05) is 18.2 Å². The lowest BCUT2D eigenvalue weighted by atomic mass is 9.93. The Hall–Kier alpha value is -2.75. The van der Waals surface area contributed by atoms with Gasteiger partial charge in [0.1, 0.15) is 17.0 Å². The van der Waals surface area contributed by atoms with Crippen molar-refractivity contribution in [1.82, 2.24) is 14.9 Å². The van der Waals surface area contributed by atoms with Crippen LogP contribution in [-0.2, 0) is 11.4 Å². The molecular formula is C25H26BrClFN5O2. The van der Waals surface area contributed by atoms with E-state index >= 15 is 0 Å². The van der Waals surface area contributed by atoms with E-state index < -0.39 is 5.82 Å². The number of pyridine rings is 2. The lowest BCUT2D eigenvalue weighted by molar-refractivity contribution is -0.117. The van der Waals surface area contributed by atoms with Gasteiger partial charge in [0.25, 0.3) is 0 Å². The number of hydrogen-bond donors (Lipinski definition) is 2. The van der Waals surface area contributed by atoms with Crippen LogP contribution in [0.4, 0.5) is 15.8 Å². The van der Waals surface area contributed by atoms with E-state index in [1.165, 1.54) is 6.07 Å². The fourth-order valence-electron chi connectivity index (χ4n) is 4.04. The van der Waals surface area contributed by atoms with Gasteiger partial charge in [-0.1, -0.05) is 23.7 Å². The number of likely N-dealkylation sites (tertiary alicyclic amines) is 1. The van der Waals surface area contributed by atoms with Gasteiger partial charge in [0.2, 0.25) is 11.8 Å². The van der Waals surface area contributed by atoms with Crippen LogP contribution >= 0.6 is 27.5 Å². The quantitative estimate of drug-likeness (QED) is 0.355. The molecule has 2 N–H and O–H groups in total. The maximum absolute atomic E-state index is 14.0. The van der Waals surface area contributed by atoms with E-state index in [-0.39, 0.29) is 18.4 Å². The van der Waals surface area contributed by atoms with E-state index in [1.54, 1.807) is 31.4 Å². The minimum Gasteiger partial charge on any atom is -0.473 e. The van der Waals surface area contributed by atoms with Crippen LogP contribution in [0.25, 0.3) is 0 Å². The van der Waals surface area contributed by atoms with Gasteiger partial charge in [-0.2, -0.15) is 0 Å². The molecule has 0 spiro atoms. The average molecular weight is 563 g/mol. The summed E-state index contributed by atoms with van der Waals surface area (Å²) in [5, 5.41) is 6.34. The van der Waals surface area contributed by atoms with Gasteiger partial charge in [-0.3, -0.25) is 9.69 Å². The summed E-state index contributed by atoms with van der Waals surface area (Å²) in [5.74, 6) is 0.259. The Morgan fingerprint density at radius 2 is 2.03 bits per heavy atom. The van der Waals surface area contributed by atoms with Crippen molar-refractivity contribution in [3.63, 3.8) is 0 Å². The van der Waals surface area contributed by atoms with E-state index in [9.17, 15) is 9.18 Å². The van der Waals surface area contributed by atoms with Crippen LogP contribution < -0.4 is 15.4 Å². The molecule has 2 aromatic heterocycles. The summed E-state index contributed by atoms with van der Waals surface area (Å²) in [7, 11) is 1.80. The van der Waals surface area contributed by atoms with E-state index in [0.717, 1.165) is 37.3 Å². The van der Waals surface area contributed by atoms with Crippen molar-refractivity contribution >= 4 is 44.8 Å². The fourth-order valence-corrected chi connectivity index (χ4v) is 4.54. The van der Waals surface area contributed by atoms with Crippen LogP contribution in [0.2, 0.25) is 5.02 Å². The van der Waals surface area contributed by atoms with E-state index in [0.29, 0.717) is 33.3 Å². The van der Waals surface area contributed by atoms with Crippen LogP contribution in [0, 0.1) is 5.82 Å². The second-order valence-corrected chi connectivity index (χ2v) is 9.58. The average Bonchev–Trinajstić information content (AvgIpc) is 2.85. The summed E-state index contributed by atoms with van der Waals surface area (Å²) < 4.78 is 20.4. The number of carbonyl (C=O) groups is 1. The van der Waals surface area contributed by atoms with Gasteiger partial charge in [0, 0.05) is 35.3 Å². The third-order valence-corrected chi connectivity index (χ3v) is 6.59. The predicted octanol–water partition coefficient (Wildman–Crippen LogP) is 5.47. The van der Waals surface area contributed by atoms with Crippen molar-refractivity contribution in [3.8, 4) is 5.88 Å². The van der Waals surface area contributed by atoms with Crippen LogP contribution in [0.1, 0.15) is 30.0 Å². The molecule has 1 fully saturated rings. The third-order valence-electron chi connectivity index (χ3n) is 5.92. The van der Waals surface area contributed by atoms with Gasteiger partial charge in [-0.05, 0) is 66.1 Å². The molecule has 1 aliphatic rings. The van der Waals surface area contributed by atoms with Crippen LogP contribution in [0.3, 0.4) is 0 Å².